The van der Waals surface area contributed by atoms with Gasteiger partial charge in [0.1, 0.15) is 5.75 Å². The molecule has 0 amide bonds. The Bertz CT molecular complexity index is 870. The number of carbonyl (C=O) groups is 2. The maximum atomic E-state index is 12.2. The Kier molecular flexibility index (Phi) is 4.40. The van der Waals surface area contributed by atoms with Crippen LogP contribution in [0.15, 0.2) is 50.8 Å². The number of carbonyl (C=O) groups excluding carboxylic acids is 2. The normalized spacial score (nSPS) is 10.7. The molecule has 0 aliphatic rings. The molecule has 2 heterocycles. The number of phenols is 1. The van der Waals surface area contributed by atoms with Crippen LogP contribution in [0.25, 0.3) is 10.6 Å². The number of thiophene rings is 1. The molecule has 0 spiro atoms. The highest BCUT2D eigenvalue weighted by atomic mass is 79.9. The van der Waals surface area contributed by atoms with Crippen LogP contribution in [0.5, 0.6) is 5.75 Å². The smallest absolute Gasteiger partial charge is 0.192 e. The second-order valence-electron chi connectivity index (χ2n) is 4.74. The van der Waals surface area contributed by atoms with Gasteiger partial charge in [0.15, 0.2) is 23.0 Å². The molecule has 23 heavy (non-hydrogen) atoms. The molecule has 116 valence electrons. The van der Waals surface area contributed by atoms with Gasteiger partial charge >= 0.3 is 0 Å². The summed E-state index contributed by atoms with van der Waals surface area (Å²) in [6.45, 7) is 0. The summed E-state index contributed by atoms with van der Waals surface area (Å²) >= 11 is 4.69. The van der Waals surface area contributed by atoms with Crippen LogP contribution in [0.1, 0.15) is 27.3 Å². The molecule has 5 nitrogen and oxygen atoms in total. The summed E-state index contributed by atoms with van der Waals surface area (Å²) in [5.74, 6) is -0.609. The lowest BCUT2D eigenvalue weighted by atomic mass is 10.0. The Morgan fingerprint density at radius 1 is 1.22 bits per heavy atom. The summed E-state index contributed by atoms with van der Waals surface area (Å²) in [7, 11) is 0. The predicted octanol–water partition coefficient (Wildman–Crippen LogP) is 4.33. The highest BCUT2D eigenvalue weighted by Crippen LogP contribution is 2.26. The van der Waals surface area contributed by atoms with Crippen LogP contribution in [0.2, 0.25) is 0 Å². The molecule has 1 N–H and O–H groups in total. The molecular weight excluding hydrogens is 382 g/mol. The summed E-state index contributed by atoms with van der Waals surface area (Å²) in [5.41, 5.74) is 0.186. The Balaban J connectivity index is 1.77. The number of aromatic hydroxyl groups is 1. The van der Waals surface area contributed by atoms with Gasteiger partial charge in [0.25, 0.3) is 0 Å². The Labute approximate surface area is 143 Å². The number of nitrogens with zero attached hydrogens (tertiary/aromatic N) is 1. The summed E-state index contributed by atoms with van der Waals surface area (Å²) in [4.78, 5) is 25.2. The summed E-state index contributed by atoms with van der Waals surface area (Å²) < 4.78 is 5.78. The van der Waals surface area contributed by atoms with Gasteiger partial charge in [-0.1, -0.05) is 27.2 Å². The van der Waals surface area contributed by atoms with E-state index >= 15 is 0 Å². The van der Waals surface area contributed by atoms with E-state index in [1.165, 1.54) is 29.5 Å². The summed E-state index contributed by atoms with van der Waals surface area (Å²) in [6.07, 6.45) is -0.388. The van der Waals surface area contributed by atoms with Gasteiger partial charge in [-0.25, -0.2) is 0 Å². The van der Waals surface area contributed by atoms with Crippen molar-refractivity contribution in [3.8, 4) is 16.4 Å². The number of hydrogen-bond donors (Lipinski definition) is 1. The van der Waals surface area contributed by atoms with Crippen LogP contribution >= 0.6 is 27.3 Å². The minimum absolute atomic E-state index is 0.0923. The van der Waals surface area contributed by atoms with Crippen molar-refractivity contribution in [3.05, 3.63) is 57.5 Å². The fourth-order valence-electron chi connectivity index (χ4n) is 2.00. The number of ketones is 2. The Morgan fingerprint density at radius 3 is 2.78 bits per heavy atom. The number of phenolic OH excluding ortho intramolecular Hbond substituents is 1. The number of halogens is 1. The lowest BCUT2D eigenvalue weighted by Gasteiger charge is -2.03. The monoisotopic (exact) mass is 391 g/mol. The van der Waals surface area contributed by atoms with Crippen LogP contribution in [0, 0.1) is 0 Å². The molecule has 0 radical (unpaired) electrons. The molecule has 0 atom stereocenters. The first-order chi connectivity index (χ1) is 11.0. The van der Waals surface area contributed by atoms with Crippen molar-refractivity contribution in [2.45, 2.75) is 6.42 Å². The maximum absolute atomic E-state index is 12.2. The highest BCUT2D eigenvalue weighted by molar-refractivity contribution is 9.10. The van der Waals surface area contributed by atoms with Gasteiger partial charge < -0.3 is 9.63 Å². The summed E-state index contributed by atoms with van der Waals surface area (Å²) in [5, 5.41) is 15.3. The summed E-state index contributed by atoms with van der Waals surface area (Å²) in [6, 6.07) is 9.71. The first kappa shape index (κ1) is 15.6. The lowest BCUT2D eigenvalue weighted by Crippen LogP contribution is -2.09. The van der Waals surface area contributed by atoms with E-state index in [9.17, 15) is 14.7 Å². The zero-order chi connectivity index (χ0) is 16.4. The van der Waals surface area contributed by atoms with E-state index < -0.39 is 11.6 Å². The van der Waals surface area contributed by atoms with Gasteiger partial charge in [0, 0.05) is 10.5 Å². The van der Waals surface area contributed by atoms with Crippen molar-refractivity contribution in [1.29, 1.82) is 0 Å². The minimum Gasteiger partial charge on any atom is -0.507 e. The van der Waals surface area contributed by atoms with Gasteiger partial charge in [-0.05, 0) is 29.6 Å². The average Bonchev–Trinajstić information content (AvgIpc) is 3.19. The lowest BCUT2D eigenvalue weighted by molar-refractivity contribution is 0.0888. The van der Waals surface area contributed by atoms with Crippen molar-refractivity contribution in [2.75, 3.05) is 0 Å². The molecule has 2 aromatic heterocycles. The van der Waals surface area contributed by atoms with Crippen LogP contribution in [0.4, 0.5) is 0 Å². The van der Waals surface area contributed by atoms with E-state index in [2.05, 4.69) is 21.1 Å². The van der Waals surface area contributed by atoms with E-state index in [0.29, 0.717) is 10.2 Å². The first-order valence-corrected chi connectivity index (χ1v) is 8.27. The number of benzene rings is 1. The van der Waals surface area contributed by atoms with Gasteiger partial charge in [-0.2, -0.15) is 0 Å². The van der Waals surface area contributed by atoms with Crippen molar-refractivity contribution < 1.29 is 19.2 Å². The Morgan fingerprint density at radius 2 is 2.04 bits per heavy atom. The highest BCUT2D eigenvalue weighted by Gasteiger charge is 2.20. The third kappa shape index (κ3) is 3.40. The SMILES string of the molecule is O=C(CC(=O)c1cc(Br)ccc1O)c1cc(-c2cccs2)on1. The molecule has 0 aliphatic heterocycles. The van der Waals surface area contributed by atoms with Crippen LogP contribution in [-0.4, -0.2) is 21.8 Å². The zero-order valence-electron chi connectivity index (χ0n) is 11.7. The van der Waals surface area contributed by atoms with E-state index in [4.69, 9.17) is 4.52 Å². The van der Waals surface area contributed by atoms with Gasteiger partial charge in [-0.15, -0.1) is 11.3 Å². The van der Waals surface area contributed by atoms with Crippen molar-refractivity contribution >= 4 is 38.8 Å². The molecule has 0 saturated heterocycles. The molecule has 0 aliphatic carbocycles. The zero-order valence-corrected chi connectivity index (χ0v) is 14.1. The standard InChI is InChI=1S/C16H10BrNO4S/c17-9-3-4-12(19)10(6-9)13(20)8-14(21)11-7-15(22-18-11)16-2-1-5-23-16/h1-7,19H,8H2. The first-order valence-electron chi connectivity index (χ1n) is 6.60. The van der Waals surface area contributed by atoms with Crippen molar-refractivity contribution in [1.82, 2.24) is 5.16 Å². The number of hydrogen-bond acceptors (Lipinski definition) is 6. The Hall–Kier alpha value is -2.25. The van der Waals surface area contributed by atoms with Crippen LogP contribution in [-0.2, 0) is 0 Å². The second kappa shape index (κ2) is 6.47. The third-order valence-corrected chi connectivity index (χ3v) is 4.52. The van der Waals surface area contributed by atoms with E-state index in [1.54, 1.807) is 6.07 Å². The third-order valence-electron chi connectivity index (χ3n) is 3.14. The molecule has 3 aromatic rings. The second-order valence-corrected chi connectivity index (χ2v) is 6.60. The molecule has 1 aromatic carbocycles. The number of rotatable bonds is 5. The minimum atomic E-state index is -0.477. The molecule has 0 unspecified atom stereocenters. The van der Waals surface area contributed by atoms with Gasteiger partial charge in [0.2, 0.25) is 0 Å². The van der Waals surface area contributed by atoms with Crippen LogP contribution in [0.3, 0.4) is 0 Å². The van der Waals surface area contributed by atoms with Crippen molar-refractivity contribution in [3.63, 3.8) is 0 Å². The van der Waals surface area contributed by atoms with E-state index in [0.717, 1.165) is 4.88 Å². The van der Waals surface area contributed by atoms with E-state index in [-0.39, 0.29) is 23.4 Å². The molecule has 0 fully saturated rings. The fraction of sp³-hybridized carbons (Fsp3) is 0.0625. The quantitative estimate of drug-likeness (QED) is 0.517. The van der Waals surface area contributed by atoms with Crippen molar-refractivity contribution in [2.24, 2.45) is 0 Å². The fourth-order valence-corrected chi connectivity index (χ4v) is 3.04. The largest absolute Gasteiger partial charge is 0.507 e. The molecule has 0 bridgehead atoms. The topological polar surface area (TPSA) is 80.4 Å². The molecule has 7 heteroatoms. The number of Topliss-reactive ketones (excluding diaryl/α,β-unsaturated/α-hetero) is 2. The molecule has 3 rings (SSSR count). The predicted molar refractivity (Wildman–Crippen MR) is 88.9 cm³/mol. The number of aromatic nitrogens is 1. The van der Waals surface area contributed by atoms with E-state index in [1.807, 2.05) is 17.5 Å². The van der Waals surface area contributed by atoms with Gasteiger partial charge in [0.05, 0.1) is 16.9 Å². The molecule has 0 saturated carbocycles. The van der Waals surface area contributed by atoms with Crippen LogP contribution < -0.4 is 0 Å². The average molecular weight is 392 g/mol. The maximum Gasteiger partial charge on any atom is 0.192 e. The van der Waals surface area contributed by atoms with Gasteiger partial charge in [-0.3, -0.25) is 9.59 Å². The molecular formula is C16H10BrNO4S.